The van der Waals surface area contributed by atoms with Crippen molar-refractivity contribution in [2.24, 2.45) is 0 Å². The number of hydrogen-bond acceptors (Lipinski definition) is 3. The minimum absolute atomic E-state index is 0.124. The van der Waals surface area contributed by atoms with E-state index in [2.05, 4.69) is 5.32 Å². The minimum atomic E-state index is -2.90. The number of benzene rings is 1. The Morgan fingerprint density at radius 1 is 1.22 bits per heavy atom. The van der Waals surface area contributed by atoms with Crippen molar-refractivity contribution >= 4 is 21.4 Å². The van der Waals surface area contributed by atoms with Gasteiger partial charge in [-0.25, -0.2) is 8.42 Å². The molecule has 0 aliphatic heterocycles. The SMILES string of the molecule is CCCS(=O)(=O)CCN[C@H](C)c1ccc(Cl)cc1. The lowest BCUT2D eigenvalue weighted by molar-refractivity contribution is 0.571. The fourth-order valence-electron chi connectivity index (χ4n) is 1.71. The number of rotatable bonds is 7. The van der Waals surface area contributed by atoms with Crippen LogP contribution in [-0.4, -0.2) is 26.5 Å². The van der Waals surface area contributed by atoms with E-state index in [4.69, 9.17) is 11.6 Å². The fourth-order valence-corrected chi connectivity index (χ4v) is 3.09. The van der Waals surface area contributed by atoms with E-state index in [1.807, 2.05) is 38.1 Å². The molecule has 0 unspecified atom stereocenters. The quantitative estimate of drug-likeness (QED) is 0.839. The Morgan fingerprint density at radius 2 is 1.83 bits per heavy atom. The summed E-state index contributed by atoms with van der Waals surface area (Å²) in [4.78, 5) is 0. The van der Waals surface area contributed by atoms with Crippen LogP contribution in [0.1, 0.15) is 31.9 Å². The molecule has 0 bridgehead atoms. The summed E-state index contributed by atoms with van der Waals surface area (Å²) in [5, 5.41) is 3.92. The van der Waals surface area contributed by atoms with E-state index in [-0.39, 0.29) is 17.5 Å². The third kappa shape index (κ3) is 5.38. The van der Waals surface area contributed by atoms with E-state index in [0.29, 0.717) is 18.0 Å². The molecule has 0 fully saturated rings. The van der Waals surface area contributed by atoms with Crippen molar-refractivity contribution in [3.8, 4) is 0 Å². The minimum Gasteiger partial charge on any atom is -0.309 e. The Labute approximate surface area is 114 Å². The van der Waals surface area contributed by atoms with Crippen molar-refractivity contribution in [1.82, 2.24) is 5.32 Å². The highest BCUT2D eigenvalue weighted by Gasteiger charge is 2.10. The van der Waals surface area contributed by atoms with Crippen LogP contribution in [0.3, 0.4) is 0 Å². The van der Waals surface area contributed by atoms with Gasteiger partial charge >= 0.3 is 0 Å². The van der Waals surface area contributed by atoms with Crippen LogP contribution in [0.4, 0.5) is 0 Å². The van der Waals surface area contributed by atoms with Crippen molar-refractivity contribution in [1.29, 1.82) is 0 Å². The molecule has 0 aliphatic rings. The summed E-state index contributed by atoms with van der Waals surface area (Å²) in [5.74, 6) is 0.461. The molecular weight excluding hydrogens is 270 g/mol. The molecule has 102 valence electrons. The average Bonchev–Trinajstić information content (AvgIpc) is 2.29. The van der Waals surface area contributed by atoms with Gasteiger partial charge in [0.25, 0.3) is 0 Å². The lowest BCUT2D eigenvalue weighted by Gasteiger charge is -2.14. The summed E-state index contributed by atoms with van der Waals surface area (Å²) in [5.41, 5.74) is 1.10. The first-order valence-corrected chi connectivity index (χ1v) is 8.34. The first kappa shape index (κ1) is 15.5. The summed E-state index contributed by atoms with van der Waals surface area (Å²) in [6.45, 7) is 4.36. The number of nitrogens with one attached hydrogen (secondary N) is 1. The molecule has 0 radical (unpaired) electrons. The number of sulfone groups is 1. The fraction of sp³-hybridized carbons (Fsp3) is 0.538. The second-order valence-corrected chi connectivity index (χ2v) is 7.12. The molecule has 0 saturated carbocycles. The lowest BCUT2D eigenvalue weighted by atomic mass is 10.1. The molecule has 1 N–H and O–H groups in total. The number of hydrogen-bond donors (Lipinski definition) is 1. The predicted molar refractivity (Wildman–Crippen MR) is 76.8 cm³/mol. The summed E-state index contributed by atoms with van der Waals surface area (Å²) >= 11 is 5.82. The largest absolute Gasteiger partial charge is 0.309 e. The van der Waals surface area contributed by atoms with Crippen molar-refractivity contribution in [3.05, 3.63) is 34.9 Å². The molecule has 1 atom stereocenters. The zero-order valence-electron chi connectivity index (χ0n) is 10.8. The molecule has 3 nitrogen and oxygen atoms in total. The maximum atomic E-state index is 11.5. The molecular formula is C13H20ClNO2S. The van der Waals surface area contributed by atoms with Gasteiger partial charge in [-0.15, -0.1) is 0 Å². The maximum Gasteiger partial charge on any atom is 0.151 e. The summed E-state index contributed by atoms with van der Waals surface area (Å²) < 4.78 is 23.1. The maximum absolute atomic E-state index is 11.5. The third-order valence-electron chi connectivity index (χ3n) is 2.75. The zero-order chi connectivity index (χ0) is 13.6. The standard InChI is InChI=1S/C13H20ClNO2S/c1-3-9-18(16,17)10-8-15-11(2)12-4-6-13(14)7-5-12/h4-7,11,15H,3,8-10H2,1-2H3/t11-/m1/s1. The molecule has 0 heterocycles. The molecule has 0 aromatic heterocycles. The second-order valence-electron chi connectivity index (χ2n) is 4.38. The van der Waals surface area contributed by atoms with Crippen LogP contribution in [0.2, 0.25) is 5.02 Å². The van der Waals surface area contributed by atoms with Crippen molar-refractivity contribution in [2.75, 3.05) is 18.1 Å². The highest BCUT2D eigenvalue weighted by atomic mass is 35.5. The van der Waals surface area contributed by atoms with Gasteiger partial charge in [-0.2, -0.15) is 0 Å². The van der Waals surface area contributed by atoms with E-state index in [1.54, 1.807) is 0 Å². The van der Waals surface area contributed by atoms with E-state index in [9.17, 15) is 8.42 Å². The van der Waals surface area contributed by atoms with Gasteiger partial charge in [0.15, 0.2) is 9.84 Å². The van der Waals surface area contributed by atoms with Gasteiger partial charge in [-0.05, 0) is 31.0 Å². The van der Waals surface area contributed by atoms with Crippen LogP contribution >= 0.6 is 11.6 Å². The first-order valence-electron chi connectivity index (χ1n) is 6.14. The first-order chi connectivity index (χ1) is 8.44. The Balaban J connectivity index is 2.42. The van der Waals surface area contributed by atoms with E-state index in [1.165, 1.54) is 0 Å². The summed E-state index contributed by atoms with van der Waals surface area (Å²) in [6.07, 6.45) is 0.676. The predicted octanol–water partition coefficient (Wildman–Crippen LogP) is 2.82. The smallest absolute Gasteiger partial charge is 0.151 e. The van der Waals surface area contributed by atoms with Gasteiger partial charge in [-0.1, -0.05) is 30.7 Å². The monoisotopic (exact) mass is 289 g/mol. The summed E-state index contributed by atoms with van der Waals surface area (Å²) in [7, 11) is -2.90. The van der Waals surface area contributed by atoms with Gasteiger partial charge in [0.05, 0.1) is 5.75 Å². The van der Waals surface area contributed by atoms with E-state index >= 15 is 0 Å². The molecule has 0 spiro atoms. The van der Waals surface area contributed by atoms with Crippen LogP contribution in [0.15, 0.2) is 24.3 Å². The van der Waals surface area contributed by atoms with Crippen molar-refractivity contribution in [2.45, 2.75) is 26.3 Å². The molecule has 1 aromatic rings. The Bertz CT molecular complexity index is 456. The highest BCUT2D eigenvalue weighted by Crippen LogP contribution is 2.15. The molecule has 0 aliphatic carbocycles. The second kappa shape index (κ2) is 7.12. The van der Waals surface area contributed by atoms with Crippen LogP contribution in [0.5, 0.6) is 0 Å². The Kier molecular flexibility index (Phi) is 6.12. The number of halogens is 1. The zero-order valence-corrected chi connectivity index (χ0v) is 12.4. The van der Waals surface area contributed by atoms with Crippen molar-refractivity contribution < 1.29 is 8.42 Å². The highest BCUT2D eigenvalue weighted by molar-refractivity contribution is 7.91. The van der Waals surface area contributed by atoms with Crippen LogP contribution in [-0.2, 0) is 9.84 Å². The van der Waals surface area contributed by atoms with Crippen LogP contribution < -0.4 is 5.32 Å². The van der Waals surface area contributed by atoms with Gasteiger partial charge in [-0.3, -0.25) is 0 Å². The molecule has 1 rings (SSSR count). The lowest BCUT2D eigenvalue weighted by Crippen LogP contribution is -2.26. The molecule has 5 heteroatoms. The third-order valence-corrected chi connectivity index (χ3v) is 4.86. The van der Waals surface area contributed by atoms with Crippen LogP contribution in [0.25, 0.3) is 0 Å². The topological polar surface area (TPSA) is 46.2 Å². The Hall–Kier alpha value is -0.580. The van der Waals surface area contributed by atoms with Crippen molar-refractivity contribution in [3.63, 3.8) is 0 Å². The molecule has 18 heavy (non-hydrogen) atoms. The van der Waals surface area contributed by atoms with Gasteiger partial charge in [0.1, 0.15) is 0 Å². The normalized spacial score (nSPS) is 13.5. The van der Waals surface area contributed by atoms with E-state index < -0.39 is 9.84 Å². The van der Waals surface area contributed by atoms with Crippen LogP contribution in [0, 0.1) is 0 Å². The molecule has 0 saturated heterocycles. The Morgan fingerprint density at radius 3 is 2.39 bits per heavy atom. The molecule has 0 amide bonds. The van der Waals surface area contributed by atoms with Gasteiger partial charge < -0.3 is 5.32 Å². The van der Waals surface area contributed by atoms with E-state index in [0.717, 1.165) is 5.56 Å². The summed E-state index contributed by atoms with van der Waals surface area (Å²) in [6, 6.07) is 7.69. The average molecular weight is 290 g/mol. The van der Waals surface area contributed by atoms with Gasteiger partial charge in [0, 0.05) is 23.4 Å². The molecule has 1 aromatic carbocycles. The van der Waals surface area contributed by atoms with Gasteiger partial charge in [0.2, 0.25) is 0 Å².